The molecule has 0 aliphatic heterocycles. The van der Waals surface area contributed by atoms with E-state index >= 15 is 0 Å². The van der Waals surface area contributed by atoms with Crippen molar-refractivity contribution >= 4 is 29.7 Å². The van der Waals surface area contributed by atoms with Crippen molar-refractivity contribution in [1.82, 2.24) is 25.9 Å². The molecule has 10 N–H and O–H groups in total. The predicted octanol–water partition coefficient (Wildman–Crippen LogP) is -3.73. The van der Waals surface area contributed by atoms with Gasteiger partial charge in [-0.05, 0) is 6.92 Å². The first-order valence-electron chi connectivity index (χ1n) is 8.83. The van der Waals surface area contributed by atoms with Gasteiger partial charge < -0.3 is 42.6 Å². The van der Waals surface area contributed by atoms with Crippen molar-refractivity contribution in [2.45, 2.75) is 43.9 Å². The zero-order valence-corrected chi connectivity index (χ0v) is 16.1. The van der Waals surface area contributed by atoms with E-state index in [0.29, 0.717) is 5.69 Å². The monoisotopic (exact) mass is 427 g/mol. The fourth-order valence-corrected chi connectivity index (χ4v) is 2.26. The third-order valence-electron chi connectivity index (χ3n) is 3.95. The lowest BCUT2D eigenvalue weighted by Crippen LogP contribution is -2.57. The van der Waals surface area contributed by atoms with Crippen molar-refractivity contribution in [2.75, 3.05) is 6.54 Å². The number of hydrogen-bond acceptors (Lipinski definition) is 8. The molecule has 0 fully saturated rings. The van der Waals surface area contributed by atoms with E-state index in [-0.39, 0.29) is 13.0 Å². The first kappa shape index (κ1) is 24.5. The van der Waals surface area contributed by atoms with Crippen LogP contribution in [-0.4, -0.2) is 80.6 Å². The maximum absolute atomic E-state index is 12.5. The number of nitrogens with one attached hydrogen (secondary N) is 4. The molecule has 1 aromatic rings. The van der Waals surface area contributed by atoms with E-state index in [2.05, 4.69) is 25.9 Å². The summed E-state index contributed by atoms with van der Waals surface area (Å²) in [5.74, 6) is -5.36. The number of nitrogens with two attached hydrogens (primary N) is 2. The van der Waals surface area contributed by atoms with Gasteiger partial charge in [0.2, 0.25) is 17.7 Å². The van der Waals surface area contributed by atoms with E-state index < -0.39 is 60.2 Å². The van der Waals surface area contributed by atoms with Crippen LogP contribution in [0.5, 0.6) is 0 Å². The second-order valence-corrected chi connectivity index (χ2v) is 6.41. The van der Waals surface area contributed by atoms with Crippen LogP contribution < -0.4 is 27.4 Å². The molecule has 1 rings (SSSR count). The minimum Gasteiger partial charge on any atom is -0.481 e. The number of carbonyl (C=O) groups is 5. The van der Waals surface area contributed by atoms with Crippen LogP contribution in [0.3, 0.4) is 0 Å². The molecule has 1 heterocycles. The highest BCUT2D eigenvalue weighted by Gasteiger charge is 2.30. The number of aromatic nitrogens is 2. The molecule has 14 nitrogen and oxygen atoms in total. The number of carboxylic acids is 2. The molecule has 1 aromatic heterocycles. The maximum atomic E-state index is 12.5. The number of aliphatic carboxylic acids is 2. The Morgan fingerprint density at radius 3 is 2.20 bits per heavy atom. The summed E-state index contributed by atoms with van der Waals surface area (Å²) in [6.07, 6.45) is 1.75. The molecule has 0 aromatic carbocycles. The van der Waals surface area contributed by atoms with Crippen molar-refractivity contribution < 1.29 is 34.2 Å². The van der Waals surface area contributed by atoms with Crippen LogP contribution in [0.2, 0.25) is 0 Å². The van der Waals surface area contributed by atoms with E-state index in [1.165, 1.54) is 19.4 Å². The molecule has 0 aliphatic carbocycles. The van der Waals surface area contributed by atoms with Gasteiger partial charge in [0.05, 0.1) is 18.8 Å². The van der Waals surface area contributed by atoms with Crippen LogP contribution >= 0.6 is 0 Å². The van der Waals surface area contributed by atoms with Crippen molar-refractivity contribution in [1.29, 1.82) is 0 Å². The van der Waals surface area contributed by atoms with Crippen LogP contribution in [0.15, 0.2) is 12.5 Å². The smallest absolute Gasteiger partial charge is 0.326 e. The van der Waals surface area contributed by atoms with Gasteiger partial charge in [-0.1, -0.05) is 0 Å². The van der Waals surface area contributed by atoms with Crippen molar-refractivity contribution in [3.8, 4) is 0 Å². The van der Waals surface area contributed by atoms with Crippen LogP contribution in [0.1, 0.15) is 19.0 Å². The number of hydrogen-bond donors (Lipinski definition) is 8. The van der Waals surface area contributed by atoms with E-state index in [9.17, 15) is 29.1 Å². The summed E-state index contributed by atoms with van der Waals surface area (Å²) < 4.78 is 0. The Kier molecular flexibility index (Phi) is 9.38. The Morgan fingerprint density at radius 1 is 1.07 bits per heavy atom. The van der Waals surface area contributed by atoms with Gasteiger partial charge in [0.25, 0.3) is 0 Å². The number of carboxylic acid groups (broad SMARTS) is 2. The standard InChI is InChI=1S/C16H25N7O7/c1-7(21-14(27)9(18)4-17)13(26)22-10(3-12(24)25)15(28)23-11(16(29)30)2-8-5-19-6-20-8/h5-7,9-11H,2-4,17-18H2,1H3,(H,19,20)(H,21,27)(H,22,26)(H,23,28)(H,24,25)(H,29,30)/t7-,9-,10-,11-/m0/s1. The number of rotatable bonds is 12. The summed E-state index contributed by atoms with van der Waals surface area (Å²) in [7, 11) is 0. The van der Waals surface area contributed by atoms with Gasteiger partial charge in [0, 0.05) is 24.9 Å². The Bertz CT molecular complexity index is 768. The normalized spacial score (nSPS) is 14.6. The number of H-pyrrole nitrogens is 1. The largest absolute Gasteiger partial charge is 0.481 e. The molecule has 0 radical (unpaired) electrons. The minimum atomic E-state index is -1.58. The van der Waals surface area contributed by atoms with Crippen LogP contribution in [0, 0.1) is 0 Å². The predicted molar refractivity (Wildman–Crippen MR) is 101 cm³/mol. The first-order valence-corrected chi connectivity index (χ1v) is 8.83. The van der Waals surface area contributed by atoms with Crippen molar-refractivity contribution in [3.05, 3.63) is 18.2 Å². The third-order valence-corrected chi connectivity index (χ3v) is 3.95. The molecule has 0 unspecified atom stereocenters. The van der Waals surface area contributed by atoms with E-state index in [0.717, 1.165) is 0 Å². The number of imidazole rings is 1. The van der Waals surface area contributed by atoms with Gasteiger partial charge in [-0.15, -0.1) is 0 Å². The van der Waals surface area contributed by atoms with Gasteiger partial charge in [-0.2, -0.15) is 0 Å². The average Bonchev–Trinajstić information content (AvgIpc) is 3.18. The van der Waals surface area contributed by atoms with Gasteiger partial charge >= 0.3 is 11.9 Å². The van der Waals surface area contributed by atoms with Crippen LogP contribution in [0.25, 0.3) is 0 Å². The van der Waals surface area contributed by atoms with E-state index in [4.69, 9.17) is 16.6 Å². The zero-order chi connectivity index (χ0) is 22.8. The van der Waals surface area contributed by atoms with Crippen molar-refractivity contribution in [3.63, 3.8) is 0 Å². The minimum absolute atomic E-state index is 0.141. The molecular weight excluding hydrogens is 402 g/mol. The highest BCUT2D eigenvalue weighted by molar-refractivity contribution is 5.95. The zero-order valence-electron chi connectivity index (χ0n) is 16.1. The van der Waals surface area contributed by atoms with E-state index in [1.54, 1.807) is 0 Å². The molecule has 166 valence electrons. The molecule has 0 bridgehead atoms. The summed E-state index contributed by atoms with van der Waals surface area (Å²) >= 11 is 0. The lowest BCUT2D eigenvalue weighted by molar-refractivity contribution is -0.143. The lowest BCUT2D eigenvalue weighted by Gasteiger charge is -2.22. The molecule has 4 atom stereocenters. The molecule has 0 aliphatic rings. The highest BCUT2D eigenvalue weighted by atomic mass is 16.4. The fraction of sp³-hybridized carbons (Fsp3) is 0.500. The molecule has 30 heavy (non-hydrogen) atoms. The van der Waals surface area contributed by atoms with Crippen molar-refractivity contribution in [2.24, 2.45) is 11.5 Å². The summed E-state index contributed by atoms with van der Waals surface area (Å²) in [6.45, 7) is 1.14. The third kappa shape index (κ3) is 7.84. The summed E-state index contributed by atoms with van der Waals surface area (Å²) in [4.78, 5) is 65.4. The lowest BCUT2D eigenvalue weighted by atomic mass is 10.1. The molecule has 0 spiro atoms. The highest BCUT2D eigenvalue weighted by Crippen LogP contribution is 2.02. The topological polar surface area (TPSA) is 243 Å². The van der Waals surface area contributed by atoms with Gasteiger partial charge in [-0.25, -0.2) is 9.78 Å². The van der Waals surface area contributed by atoms with Gasteiger partial charge in [0.1, 0.15) is 18.1 Å². The molecule has 14 heteroatoms. The average molecular weight is 427 g/mol. The number of aromatic amines is 1. The summed E-state index contributed by atoms with van der Waals surface area (Å²) in [5, 5.41) is 25.0. The van der Waals surface area contributed by atoms with Crippen LogP contribution in [-0.2, 0) is 30.4 Å². The maximum Gasteiger partial charge on any atom is 0.326 e. The Morgan fingerprint density at radius 2 is 1.70 bits per heavy atom. The quantitative estimate of drug-likeness (QED) is 0.162. The van der Waals surface area contributed by atoms with E-state index in [1.807, 2.05) is 0 Å². The fourth-order valence-electron chi connectivity index (χ4n) is 2.26. The first-order chi connectivity index (χ1) is 14.0. The summed E-state index contributed by atoms with van der Waals surface area (Å²) in [5.41, 5.74) is 11.1. The molecular formula is C16H25N7O7. The number of carbonyl (C=O) groups excluding carboxylic acids is 3. The van der Waals surface area contributed by atoms with Crippen LogP contribution in [0.4, 0.5) is 0 Å². The number of nitrogens with zero attached hydrogens (tertiary/aromatic N) is 1. The van der Waals surface area contributed by atoms with Gasteiger partial charge in [0.15, 0.2) is 0 Å². The summed E-state index contributed by atoms with van der Waals surface area (Å²) in [6, 6.07) is -5.18. The Labute approximate surface area is 170 Å². The second kappa shape index (κ2) is 11.5. The Balaban J connectivity index is 2.82. The second-order valence-electron chi connectivity index (χ2n) is 6.41. The molecule has 0 saturated heterocycles. The van der Waals surface area contributed by atoms with Gasteiger partial charge in [-0.3, -0.25) is 19.2 Å². The molecule has 3 amide bonds. The SMILES string of the molecule is C[C@H](NC(=O)[C@@H](N)CN)C(=O)N[C@@H](CC(=O)O)C(=O)N[C@@H](Cc1cnc[nH]1)C(=O)O. The number of amides is 3. The molecule has 0 saturated carbocycles. The Hall–Kier alpha value is -3.52.